The van der Waals surface area contributed by atoms with Crippen LogP contribution in [0, 0.1) is 0 Å². The number of carbonyl (C=O) groups is 1. The monoisotopic (exact) mass is 582 g/mol. The van der Waals surface area contributed by atoms with Crippen molar-refractivity contribution in [3.63, 3.8) is 0 Å². The minimum atomic E-state index is -2.90. The topological polar surface area (TPSA) is 41.6 Å². The normalized spacial score (nSPS) is 17.6. The first kappa shape index (κ1) is 28.5. The molecule has 5 rings (SSSR count). The first-order valence-corrected chi connectivity index (χ1v) is 14.7. The summed E-state index contributed by atoms with van der Waals surface area (Å²) in [4.78, 5) is 16.7. The number of rotatable bonds is 8. The highest BCUT2D eigenvalue weighted by Crippen LogP contribution is 2.38. The van der Waals surface area contributed by atoms with E-state index in [4.69, 9.17) is 16.3 Å². The molecular formula is C32H33ClF2N2O2S. The van der Waals surface area contributed by atoms with Crippen LogP contribution < -0.4 is 10.1 Å². The van der Waals surface area contributed by atoms with E-state index in [0.29, 0.717) is 28.2 Å². The molecule has 0 bridgehead atoms. The SMILES string of the molecule is CNC1CCC(N(Cc2cc(-c3ccc(C(C)(F)F)cc3)ccc2OC)C(=O)c2sc3ccccc3c2Cl)CC1. The van der Waals surface area contributed by atoms with Crippen molar-refractivity contribution < 1.29 is 18.3 Å². The molecule has 0 atom stereocenters. The summed E-state index contributed by atoms with van der Waals surface area (Å²) in [6, 6.07) is 20.4. The van der Waals surface area contributed by atoms with Crippen LogP contribution in [0.5, 0.6) is 5.75 Å². The maximum atomic E-state index is 14.2. The number of nitrogens with zero attached hydrogens (tertiary/aromatic N) is 1. The highest BCUT2D eigenvalue weighted by molar-refractivity contribution is 7.21. The highest BCUT2D eigenvalue weighted by atomic mass is 35.5. The lowest BCUT2D eigenvalue weighted by Crippen LogP contribution is -2.44. The Kier molecular flexibility index (Phi) is 8.45. The molecule has 1 aliphatic rings. The van der Waals surface area contributed by atoms with Crippen molar-refractivity contribution in [3.8, 4) is 16.9 Å². The van der Waals surface area contributed by atoms with Gasteiger partial charge in [-0.05, 0) is 62.1 Å². The zero-order chi connectivity index (χ0) is 28.4. The summed E-state index contributed by atoms with van der Waals surface area (Å²) in [7, 11) is 3.60. The lowest BCUT2D eigenvalue weighted by atomic mass is 9.89. The molecule has 1 fully saturated rings. The number of halogens is 3. The van der Waals surface area contributed by atoms with E-state index in [2.05, 4.69) is 5.32 Å². The van der Waals surface area contributed by atoms with E-state index in [-0.39, 0.29) is 17.5 Å². The van der Waals surface area contributed by atoms with Gasteiger partial charge in [-0.1, -0.05) is 60.1 Å². The van der Waals surface area contributed by atoms with Gasteiger partial charge in [-0.15, -0.1) is 11.3 Å². The quantitative estimate of drug-likeness (QED) is 0.226. The summed E-state index contributed by atoms with van der Waals surface area (Å²) in [5.74, 6) is -2.31. The zero-order valence-electron chi connectivity index (χ0n) is 22.8. The second-order valence-electron chi connectivity index (χ2n) is 10.5. The number of hydrogen-bond acceptors (Lipinski definition) is 4. The maximum absolute atomic E-state index is 14.2. The molecule has 1 amide bonds. The van der Waals surface area contributed by atoms with E-state index >= 15 is 0 Å². The number of nitrogens with one attached hydrogen (secondary N) is 1. The van der Waals surface area contributed by atoms with Gasteiger partial charge >= 0.3 is 0 Å². The fourth-order valence-electron chi connectivity index (χ4n) is 5.55. The second-order valence-corrected chi connectivity index (χ2v) is 11.9. The number of amides is 1. The Morgan fingerprint density at radius 2 is 1.73 bits per heavy atom. The third kappa shape index (κ3) is 5.87. The first-order valence-electron chi connectivity index (χ1n) is 13.5. The van der Waals surface area contributed by atoms with E-state index in [0.717, 1.165) is 59.4 Å². The van der Waals surface area contributed by atoms with Crippen LogP contribution in [0.25, 0.3) is 21.2 Å². The molecule has 1 saturated carbocycles. The molecule has 40 heavy (non-hydrogen) atoms. The smallest absolute Gasteiger partial charge is 0.270 e. The van der Waals surface area contributed by atoms with Gasteiger partial charge in [0.2, 0.25) is 0 Å². The fraction of sp³-hybridized carbons (Fsp3) is 0.344. The van der Waals surface area contributed by atoms with Gasteiger partial charge in [0.05, 0.1) is 12.1 Å². The average molecular weight is 583 g/mol. The molecule has 0 spiro atoms. The lowest BCUT2D eigenvalue weighted by Gasteiger charge is -2.37. The molecule has 210 valence electrons. The van der Waals surface area contributed by atoms with E-state index in [1.807, 2.05) is 54.4 Å². The van der Waals surface area contributed by atoms with E-state index in [1.54, 1.807) is 19.2 Å². The van der Waals surface area contributed by atoms with Gasteiger partial charge in [0.1, 0.15) is 10.6 Å². The Morgan fingerprint density at radius 1 is 1.05 bits per heavy atom. The van der Waals surface area contributed by atoms with Crippen molar-refractivity contribution in [2.24, 2.45) is 0 Å². The molecule has 1 aliphatic carbocycles. The minimum Gasteiger partial charge on any atom is -0.496 e. The van der Waals surface area contributed by atoms with Crippen LogP contribution in [-0.2, 0) is 12.5 Å². The molecule has 0 radical (unpaired) electrons. The van der Waals surface area contributed by atoms with E-state index in [9.17, 15) is 13.6 Å². The van der Waals surface area contributed by atoms with Crippen LogP contribution in [0.15, 0.2) is 66.7 Å². The van der Waals surface area contributed by atoms with Crippen molar-refractivity contribution in [1.29, 1.82) is 0 Å². The summed E-state index contributed by atoms with van der Waals surface area (Å²) in [5.41, 5.74) is 2.51. The van der Waals surface area contributed by atoms with Crippen LogP contribution >= 0.6 is 22.9 Å². The van der Waals surface area contributed by atoms with Gasteiger partial charge in [0.15, 0.2) is 0 Å². The van der Waals surface area contributed by atoms with Crippen molar-refractivity contribution in [2.75, 3.05) is 14.2 Å². The van der Waals surface area contributed by atoms with Crippen molar-refractivity contribution in [3.05, 3.63) is 87.8 Å². The molecule has 0 unspecified atom stereocenters. The molecule has 0 aliphatic heterocycles. The number of alkyl halides is 2. The van der Waals surface area contributed by atoms with Crippen molar-refractivity contribution in [1.82, 2.24) is 10.2 Å². The lowest BCUT2D eigenvalue weighted by molar-refractivity contribution is 0.0175. The summed E-state index contributed by atoms with van der Waals surface area (Å²) in [5, 5.41) is 4.75. The summed E-state index contributed by atoms with van der Waals surface area (Å²) in [6.07, 6.45) is 3.73. The number of ether oxygens (including phenoxy) is 1. The van der Waals surface area contributed by atoms with Crippen LogP contribution in [0.1, 0.15) is 53.4 Å². The van der Waals surface area contributed by atoms with Crippen LogP contribution in [0.4, 0.5) is 8.78 Å². The van der Waals surface area contributed by atoms with Gasteiger partial charge in [-0.25, -0.2) is 8.78 Å². The second kappa shape index (κ2) is 11.9. The molecule has 1 N–H and O–H groups in total. The highest BCUT2D eigenvalue weighted by Gasteiger charge is 2.32. The first-order chi connectivity index (χ1) is 19.2. The number of benzene rings is 3. The molecule has 0 saturated heterocycles. The largest absolute Gasteiger partial charge is 0.496 e. The fourth-order valence-corrected chi connectivity index (χ4v) is 7.01. The van der Waals surface area contributed by atoms with Gasteiger partial charge in [0.25, 0.3) is 11.8 Å². The molecular weight excluding hydrogens is 550 g/mol. The Morgan fingerprint density at radius 3 is 2.35 bits per heavy atom. The molecule has 8 heteroatoms. The van der Waals surface area contributed by atoms with Gasteiger partial charge in [-0.3, -0.25) is 4.79 Å². The molecule has 1 heterocycles. The van der Waals surface area contributed by atoms with Crippen LogP contribution in [0.2, 0.25) is 5.02 Å². The summed E-state index contributed by atoms with van der Waals surface area (Å²) in [6.45, 7) is 1.24. The maximum Gasteiger partial charge on any atom is 0.270 e. The van der Waals surface area contributed by atoms with Crippen molar-refractivity contribution >= 4 is 38.9 Å². The predicted octanol–water partition coefficient (Wildman–Crippen LogP) is 8.52. The Hall–Kier alpha value is -3.00. The standard InChI is InChI=1S/C32H33ClF2N2O2S/c1-32(34,35)23-11-8-20(9-12-23)21-10-17-27(39-3)22(18-21)19-37(25-15-13-24(36-2)14-16-25)31(38)30-29(33)26-6-4-5-7-28(26)40-30/h4-12,17-18,24-25,36H,13-16,19H2,1-3H3. The molecule has 4 aromatic rings. The third-order valence-corrected chi connectivity index (χ3v) is 9.55. The Bertz CT molecular complexity index is 1490. The Balaban J connectivity index is 1.51. The number of methoxy groups -OCH3 is 1. The summed E-state index contributed by atoms with van der Waals surface area (Å²) >= 11 is 8.19. The molecule has 1 aromatic heterocycles. The Labute approximate surface area is 242 Å². The zero-order valence-corrected chi connectivity index (χ0v) is 24.4. The van der Waals surface area contributed by atoms with Gasteiger partial charge < -0.3 is 15.0 Å². The third-order valence-electron chi connectivity index (χ3n) is 7.88. The molecule has 3 aromatic carbocycles. The summed E-state index contributed by atoms with van der Waals surface area (Å²) < 4.78 is 34.2. The number of hydrogen-bond donors (Lipinski definition) is 1. The van der Waals surface area contributed by atoms with Crippen LogP contribution in [-0.4, -0.2) is 37.0 Å². The van der Waals surface area contributed by atoms with Gasteiger partial charge in [-0.2, -0.15) is 0 Å². The van der Waals surface area contributed by atoms with Gasteiger partial charge in [0, 0.05) is 46.8 Å². The van der Waals surface area contributed by atoms with E-state index < -0.39 is 5.92 Å². The van der Waals surface area contributed by atoms with E-state index in [1.165, 1.54) is 23.5 Å². The number of fused-ring (bicyclic) bond motifs is 1. The number of thiophene rings is 1. The van der Waals surface area contributed by atoms with Crippen molar-refractivity contribution in [2.45, 2.75) is 57.2 Å². The average Bonchev–Trinajstić information content (AvgIpc) is 3.31. The van der Waals surface area contributed by atoms with Crippen LogP contribution in [0.3, 0.4) is 0 Å². The predicted molar refractivity (Wildman–Crippen MR) is 160 cm³/mol. The molecule has 4 nitrogen and oxygen atoms in total. The minimum absolute atomic E-state index is 0.0286. The number of carbonyl (C=O) groups excluding carboxylic acids is 1.